The van der Waals surface area contributed by atoms with Crippen molar-refractivity contribution < 1.29 is 18.8 Å². The molecule has 0 aliphatic carbocycles. The van der Waals surface area contributed by atoms with E-state index < -0.39 is 16.6 Å². The number of hydrogen-bond acceptors (Lipinski definition) is 6. The number of carbonyl (C=O) groups is 1. The number of rotatable bonds is 6. The number of nitro benzene ring substituents is 1. The summed E-state index contributed by atoms with van der Waals surface area (Å²) < 4.78 is 20.1. The van der Waals surface area contributed by atoms with Gasteiger partial charge in [-0.2, -0.15) is 0 Å². The number of halogens is 1. The van der Waals surface area contributed by atoms with Crippen molar-refractivity contribution in [2.45, 2.75) is 13.5 Å². The molecule has 0 atom stereocenters. The molecule has 0 bridgehead atoms. The molecule has 1 amide bonds. The van der Waals surface area contributed by atoms with E-state index in [1.807, 2.05) is 0 Å². The van der Waals surface area contributed by atoms with Crippen molar-refractivity contribution in [2.75, 3.05) is 14.2 Å². The Hall–Kier alpha value is -3.82. The van der Waals surface area contributed by atoms with Gasteiger partial charge in [-0.25, -0.2) is 9.07 Å². The van der Waals surface area contributed by atoms with Gasteiger partial charge in [-0.1, -0.05) is 17.3 Å². The van der Waals surface area contributed by atoms with Gasteiger partial charge in [-0.15, -0.1) is 5.10 Å². The average molecular weight is 399 g/mol. The van der Waals surface area contributed by atoms with Crippen molar-refractivity contribution in [2.24, 2.45) is 0 Å². The summed E-state index contributed by atoms with van der Waals surface area (Å²) in [5, 5.41) is 18.9. The van der Waals surface area contributed by atoms with Crippen LogP contribution in [-0.2, 0) is 6.54 Å². The average Bonchev–Trinajstić information content (AvgIpc) is 3.09. The molecule has 1 heterocycles. The first-order valence-electron chi connectivity index (χ1n) is 8.57. The maximum absolute atomic E-state index is 13.9. The smallest absolute Gasteiger partial charge is 0.276 e. The number of non-ortho nitro benzene ring substituents is 1. The lowest BCUT2D eigenvalue weighted by atomic mass is 10.2. The molecule has 0 aliphatic heterocycles. The van der Waals surface area contributed by atoms with Crippen LogP contribution in [-0.4, -0.2) is 44.9 Å². The number of ether oxygens (including phenoxy) is 1. The zero-order chi connectivity index (χ0) is 21.1. The molecule has 0 aliphatic rings. The Kier molecular flexibility index (Phi) is 5.53. The maximum Gasteiger partial charge on any atom is 0.276 e. The highest BCUT2D eigenvalue weighted by atomic mass is 19.1. The molecular weight excluding hydrogens is 381 g/mol. The fourth-order valence-corrected chi connectivity index (χ4v) is 2.85. The zero-order valence-electron chi connectivity index (χ0n) is 16.0. The summed E-state index contributed by atoms with van der Waals surface area (Å²) in [6, 6.07) is 10.3. The quantitative estimate of drug-likeness (QED) is 0.466. The fourth-order valence-electron chi connectivity index (χ4n) is 2.85. The lowest BCUT2D eigenvalue weighted by Gasteiger charge is -2.16. The van der Waals surface area contributed by atoms with Crippen LogP contribution in [0.1, 0.15) is 21.7 Å². The Morgan fingerprint density at radius 2 is 2.07 bits per heavy atom. The van der Waals surface area contributed by atoms with E-state index in [1.165, 1.54) is 47.0 Å². The van der Waals surface area contributed by atoms with E-state index in [0.717, 1.165) is 0 Å². The highest BCUT2D eigenvalue weighted by Crippen LogP contribution is 2.21. The van der Waals surface area contributed by atoms with Crippen LogP contribution in [0.5, 0.6) is 5.75 Å². The van der Waals surface area contributed by atoms with Crippen LogP contribution in [0.4, 0.5) is 10.1 Å². The molecule has 2 aromatic carbocycles. The van der Waals surface area contributed by atoms with Crippen LogP contribution >= 0.6 is 0 Å². The summed E-state index contributed by atoms with van der Waals surface area (Å²) in [4.78, 5) is 24.6. The lowest BCUT2D eigenvalue weighted by Crippen LogP contribution is -2.27. The number of nitro groups is 1. The lowest BCUT2D eigenvalue weighted by molar-refractivity contribution is -0.384. The van der Waals surface area contributed by atoms with Gasteiger partial charge in [0.05, 0.1) is 23.4 Å². The van der Waals surface area contributed by atoms with Crippen molar-refractivity contribution in [3.8, 4) is 11.4 Å². The zero-order valence-corrected chi connectivity index (χ0v) is 16.0. The molecule has 1 aromatic heterocycles. The normalized spacial score (nSPS) is 10.6. The van der Waals surface area contributed by atoms with Gasteiger partial charge in [-0.3, -0.25) is 14.9 Å². The molecule has 150 valence electrons. The highest BCUT2D eigenvalue weighted by Gasteiger charge is 2.22. The van der Waals surface area contributed by atoms with E-state index in [-0.39, 0.29) is 23.7 Å². The maximum atomic E-state index is 13.9. The van der Waals surface area contributed by atoms with Gasteiger partial charge < -0.3 is 9.64 Å². The standard InChI is InChI=1S/C19H18FN5O4/c1-12-18(21-22-24(12)14-5-4-6-15(10-14)25(27)28)19(26)23(2)11-13-7-8-17(29-3)16(20)9-13/h4-10H,11H2,1-3H3. The second-order valence-electron chi connectivity index (χ2n) is 6.34. The molecule has 9 nitrogen and oxygen atoms in total. The summed E-state index contributed by atoms with van der Waals surface area (Å²) in [6.07, 6.45) is 0. The summed E-state index contributed by atoms with van der Waals surface area (Å²) in [5.74, 6) is -0.799. The molecule has 0 saturated heterocycles. The first-order chi connectivity index (χ1) is 13.8. The Morgan fingerprint density at radius 1 is 1.31 bits per heavy atom. The number of amides is 1. The van der Waals surface area contributed by atoms with E-state index >= 15 is 0 Å². The van der Waals surface area contributed by atoms with Gasteiger partial charge in [0.15, 0.2) is 17.3 Å². The Bertz CT molecular complexity index is 1080. The van der Waals surface area contributed by atoms with Crippen LogP contribution in [0, 0.1) is 22.9 Å². The van der Waals surface area contributed by atoms with Crippen LogP contribution in [0.25, 0.3) is 5.69 Å². The second kappa shape index (κ2) is 8.05. The molecule has 3 aromatic rings. The van der Waals surface area contributed by atoms with E-state index in [2.05, 4.69) is 10.3 Å². The number of aromatic nitrogens is 3. The van der Waals surface area contributed by atoms with Crippen LogP contribution in [0.2, 0.25) is 0 Å². The highest BCUT2D eigenvalue weighted by molar-refractivity contribution is 5.93. The molecule has 0 spiro atoms. The van der Waals surface area contributed by atoms with Gasteiger partial charge in [0.1, 0.15) is 0 Å². The SMILES string of the molecule is COc1ccc(CN(C)C(=O)c2nnn(-c3cccc([N+](=O)[O-])c3)c2C)cc1F. The van der Waals surface area contributed by atoms with Gasteiger partial charge in [0, 0.05) is 25.7 Å². The minimum Gasteiger partial charge on any atom is -0.494 e. The number of carbonyl (C=O) groups excluding carboxylic acids is 1. The van der Waals surface area contributed by atoms with Crippen LogP contribution in [0.15, 0.2) is 42.5 Å². The van der Waals surface area contributed by atoms with Crippen molar-refractivity contribution in [1.82, 2.24) is 19.9 Å². The number of benzene rings is 2. The molecule has 0 radical (unpaired) electrons. The molecule has 0 fully saturated rings. The van der Waals surface area contributed by atoms with Crippen molar-refractivity contribution in [1.29, 1.82) is 0 Å². The van der Waals surface area contributed by atoms with Crippen LogP contribution in [0.3, 0.4) is 0 Å². The molecule has 0 saturated carbocycles. The van der Waals surface area contributed by atoms with Gasteiger partial charge in [0.25, 0.3) is 11.6 Å². The predicted molar refractivity (Wildman–Crippen MR) is 101 cm³/mol. The predicted octanol–water partition coefficient (Wildman–Crippen LogP) is 2.90. The minimum atomic E-state index is -0.515. The van der Waals surface area contributed by atoms with Gasteiger partial charge in [0.2, 0.25) is 0 Å². The minimum absolute atomic E-state index is 0.0936. The van der Waals surface area contributed by atoms with Crippen molar-refractivity contribution in [3.05, 3.63) is 75.3 Å². The van der Waals surface area contributed by atoms with E-state index in [9.17, 15) is 19.3 Å². The molecule has 10 heteroatoms. The molecule has 0 N–H and O–H groups in total. The van der Waals surface area contributed by atoms with Crippen molar-refractivity contribution in [3.63, 3.8) is 0 Å². The number of nitrogens with zero attached hydrogens (tertiary/aromatic N) is 5. The first kappa shape index (κ1) is 19.9. The Morgan fingerprint density at radius 3 is 2.72 bits per heavy atom. The number of methoxy groups -OCH3 is 1. The summed E-state index contributed by atoms with van der Waals surface area (Å²) >= 11 is 0. The topological polar surface area (TPSA) is 103 Å². The monoisotopic (exact) mass is 399 g/mol. The Balaban J connectivity index is 1.82. The van der Waals surface area contributed by atoms with Crippen LogP contribution < -0.4 is 4.74 Å². The van der Waals surface area contributed by atoms with E-state index in [0.29, 0.717) is 16.9 Å². The van der Waals surface area contributed by atoms with Gasteiger partial charge >= 0.3 is 0 Å². The third-order valence-electron chi connectivity index (χ3n) is 4.36. The Labute approximate surface area is 165 Å². The van der Waals surface area contributed by atoms with E-state index in [1.54, 1.807) is 26.1 Å². The molecule has 29 heavy (non-hydrogen) atoms. The molecule has 3 rings (SSSR count). The summed E-state index contributed by atoms with van der Waals surface area (Å²) in [7, 11) is 2.94. The summed E-state index contributed by atoms with van der Waals surface area (Å²) in [6.45, 7) is 1.80. The van der Waals surface area contributed by atoms with E-state index in [4.69, 9.17) is 4.74 Å². The van der Waals surface area contributed by atoms with Gasteiger partial charge in [-0.05, 0) is 30.7 Å². The first-order valence-corrected chi connectivity index (χ1v) is 8.57. The fraction of sp³-hybridized carbons (Fsp3) is 0.211. The summed E-state index contributed by atoms with van der Waals surface area (Å²) in [5.41, 5.74) is 1.45. The third-order valence-corrected chi connectivity index (χ3v) is 4.36. The largest absolute Gasteiger partial charge is 0.494 e. The third kappa shape index (κ3) is 4.05. The van der Waals surface area contributed by atoms with Crippen molar-refractivity contribution >= 4 is 11.6 Å². The second-order valence-corrected chi connectivity index (χ2v) is 6.34. The molecule has 0 unspecified atom stereocenters. The number of hydrogen-bond donors (Lipinski definition) is 0. The molecular formula is C19H18FN5O4.